The van der Waals surface area contributed by atoms with Gasteiger partial charge in [-0.15, -0.1) is 6.58 Å². The zero-order chi connectivity index (χ0) is 24.5. The molecular weight excluding hydrogens is 441 g/mol. The maximum atomic E-state index is 14.4. The monoisotopic (exact) mass is 470 g/mol. The number of unbranched alkanes of at least 4 members (excludes halogenated alkanes) is 1. The standard InChI is InChI=1S/C28H29F3O3/c1-3-5-6-16-33-26-15-11-20(17-24(26)29)19-8-12-22(13-9-19)34-18-21-10-14-23(25(32)7-4-2)28(31)27(21)30/h3,8-15,17,25,32H,1,4-7,16,18H2,2H3. The van der Waals surface area contributed by atoms with Gasteiger partial charge < -0.3 is 14.6 Å². The molecule has 0 aliphatic heterocycles. The Kier molecular flexibility index (Phi) is 9.16. The second-order valence-electron chi connectivity index (χ2n) is 7.98. The van der Waals surface area contributed by atoms with Crippen LogP contribution in [0.4, 0.5) is 13.2 Å². The second-order valence-corrected chi connectivity index (χ2v) is 7.98. The van der Waals surface area contributed by atoms with Gasteiger partial charge in [0.25, 0.3) is 0 Å². The molecule has 0 saturated carbocycles. The Morgan fingerprint density at radius 3 is 2.35 bits per heavy atom. The minimum Gasteiger partial charge on any atom is -0.491 e. The maximum Gasteiger partial charge on any atom is 0.165 e. The summed E-state index contributed by atoms with van der Waals surface area (Å²) < 4.78 is 54.2. The molecule has 6 heteroatoms. The molecule has 0 radical (unpaired) electrons. The lowest BCUT2D eigenvalue weighted by Gasteiger charge is -2.14. The van der Waals surface area contributed by atoms with E-state index in [0.29, 0.717) is 30.8 Å². The first-order valence-electron chi connectivity index (χ1n) is 11.4. The van der Waals surface area contributed by atoms with E-state index in [0.717, 1.165) is 18.4 Å². The highest BCUT2D eigenvalue weighted by atomic mass is 19.2. The van der Waals surface area contributed by atoms with Crippen LogP contribution in [-0.2, 0) is 6.61 Å². The summed E-state index contributed by atoms with van der Waals surface area (Å²) in [5.41, 5.74) is 1.46. The summed E-state index contributed by atoms with van der Waals surface area (Å²) in [5.74, 6) is -1.85. The van der Waals surface area contributed by atoms with Gasteiger partial charge in [0, 0.05) is 11.1 Å². The van der Waals surface area contributed by atoms with E-state index in [-0.39, 0.29) is 23.5 Å². The lowest BCUT2D eigenvalue weighted by Crippen LogP contribution is -2.07. The van der Waals surface area contributed by atoms with Crippen LogP contribution >= 0.6 is 0 Å². The van der Waals surface area contributed by atoms with Gasteiger partial charge in [-0.05, 0) is 54.7 Å². The molecule has 0 bridgehead atoms. The molecule has 0 aromatic heterocycles. The van der Waals surface area contributed by atoms with Gasteiger partial charge in [0.15, 0.2) is 23.2 Å². The first kappa shape index (κ1) is 25.4. The Labute approximate surface area is 198 Å². The van der Waals surface area contributed by atoms with E-state index in [9.17, 15) is 18.3 Å². The smallest absolute Gasteiger partial charge is 0.165 e. The van der Waals surface area contributed by atoms with Crippen LogP contribution in [0.25, 0.3) is 11.1 Å². The van der Waals surface area contributed by atoms with Gasteiger partial charge in [-0.25, -0.2) is 13.2 Å². The highest BCUT2D eigenvalue weighted by Gasteiger charge is 2.18. The molecular formula is C28H29F3O3. The first-order chi connectivity index (χ1) is 16.4. The molecule has 0 aliphatic carbocycles. The SMILES string of the molecule is C=CCCCOc1ccc(-c2ccc(OCc3ccc(C(O)CCC)c(F)c3F)cc2)cc1F. The number of benzene rings is 3. The molecule has 0 amide bonds. The fraction of sp³-hybridized carbons (Fsp3) is 0.286. The van der Waals surface area contributed by atoms with Crippen LogP contribution in [0.1, 0.15) is 49.8 Å². The molecule has 0 heterocycles. The number of rotatable bonds is 12. The number of halogens is 3. The van der Waals surface area contributed by atoms with Crippen LogP contribution in [0.2, 0.25) is 0 Å². The quantitative estimate of drug-likeness (QED) is 0.220. The number of hydrogen-bond donors (Lipinski definition) is 1. The lowest BCUT2D eigenvalue weighted by molar-refractivity contribution is 0.160. The van der Waals surface area contributed by atoms with Crippen molar-refractivity contribution in [3.05, 3.63) is 95.8 Å². The molecule has 1 atom stereocenters. The van der Waals surface area contributed by atoms with Crippen molar-refractivity contribution in [2.24, 2.45) is 0 Å². The minimum atomic E-state index is -1.05. The summed E-state index contributed by atoms with van der Waals surface area (Å²) in [6.07, 6.45) is 3.35. The molecule has 0 aliphatic rings. The summed E-state index contributed by atoms with van der Waals surface area (Å²) in [4.78, 5) is 0. The van der Waals surface area contributed by atoms with E-state index in [1.54, 1.807) is 42.5 Å². The molecule has 3 nitrogen and oxygen atoms in total. The van der Waals surface area contributed by atoms with Crippen LogP contribution in [0.15, 0.2) is 67.3 Å². The van der Waals surface area contributed by atoms with Crippen LogP contribution in [-0.4, -0.2) is 11.7 Å². The van der Waals surface area contributed by atoms with Gasteiger partial charge in [-0.3, -0.25) is 0 Å². The fourth-order valence-electron chi connectivity index (χ4n) is 3.51. The number of hydrogen-bond acceptors (Lipinski definition) is 3. The van der Waals surface area contributed by atoms with Gasteiger partial charge in [-0.2, -0.15) is 0 Å². The van der Waals surface area contributed by atoms with Gasteiger partial charge in [0.05, 0.1) is 12.7 Å². The van der Waals surface area contributed by atoms with E-state index >= 15 is 0 Å². The summed E-state index contributed by atoms with van der Waals surface area (Å²) >= 11 is 0. The van der Waals surface area contributed by atoms with Gasteiger partial charge in [0.1, 0.15) is 12.4 Å². The third kappa shape index (κ3) is 6.41. The van der Waals surface area contributed by atoms with Crippen LogP contribution in [0, 0.1) is 17.5 Å². The highest BCUT2D eigenvalue weighted by molar-refractivity contribution is 5.65. The van der Waals surface area contributed by atoms with Crippen molar-refractivity contribution in [1.82, 2.24) is 0 Å². The van der Waals surface area contributed by atoms with Crippen molar-refractivity contribution in [2.45, 2.75) is 45.3 Å². The average Bonchev–Trinajstić information content (AvgIpc) is 2.84. The maximum absolute atomic E-state index is 14.4. The van der Waals surface area contributed by atoms with Crippen LogP contribution < -0.4 is 9.47 Å². The molecule has 3 aromatic rings. The summed E-state index contributed by atoms with van der Waals surface area (Å²) in [7, 11) is 0. The van der Waals surface area contributed by atoms with Crippen molar-refractivity contribution in [3.8, 4) is 22.6 Å². The van der Waals surface area contributed by atoms with Crippen molar-refractivity contribution in [1.29, 1.82) is 0 Å². The molecule has 0 fully saturated rings. The highest BCUT2D eigenvalue weighted by Crippen LogP contribution is 2.29. The molecule has 3 aromatic carbocycles. The Morgan fingerprint density at radius 2 is 1.68 bits per heavy atom. The molecule has 0 saturated heterocycles. The molecule has 34 heavy (non-hydrogen) atoms. The first-order valence-corrected chi connectivity index (χ1v) is 11.4. The zero-order valence-corrected chi connectivity index (χ0v) is 19.2. The Bertz CT molecular complexity index is 1100. The fourth-order valence-corrected chi connectivity index (χ4v) is 3.51. The molecule has 3 rings (SSSR count). The van der Waals surface area contributed by atoms with Crippen molar-refractivity contribution >= 4 is 0 Å². The van der Waals surface area contributed by atoms with Crippen molar-refractivity contribution in [3.63, 3.8) is 0 Å². The number of aliphatic hydroxyl groups is 1. The third-order valence-electron chi connectivity index (χ3n) is 5.44. The van der Waals surface area contributed by atoms with E-state index < -0.39 is 23.6 Å². The van der Waals surface area contributed by atoms with Crippen LogP contribution in [0.5, 0.6) is 11.5 Å². The number of ether oxygens (including phenoxy) is 2. The summed E-state index contributed by atoms with van der Waals surface area (Å²) in [6.45, 7) is 5.75. The van der Waals surface area contributed by atoms with Gasteiger partial charge in [-0.1, -0.05) is 49.8 Å². The van der Waals surface area contributed by atoms with Gasteiger partial charge >= 0.3 is 0 Å². The largest absolute Gasteiger partial charge is 0.491 e. The lowest BCUT2D eigenvalue weighted by atomic mass is 10.0. The third-order valence-corrected chi connectivity index (χ3v) is 5.44. The van der Waals surface area contributed by atoms with Crippen molar-refractivity contribution in [2.75, 3.05) is 6.61 Å². The second kappa shape index (κ2) is 12.3. The molecule has 180 valence electrons. The summed E-state index contributed by atoms with van der Waals surface area (Å²) in [6, 6.07) is 14.5. The van der Waals surface area contributed by atoms with E-state index in [4.69, 9.17) is 9.47 Å². The molecule has 1 unspecified atom stereocenters. The Morgan fingerprint density at radius 1 is 0.941 bits per heavy atom. The average molecular weight is 471 g/mol. The Balaban J connectivity index is 1.63. The number of aliphatic hydroxyl groups excluding tert-OH is 1. The predicted molar refractivity (Wildman–Crippen MR) is 127 cm³/mol. The number of allylic oxidation sites excluding steroid dienone is 1. The molecule has 1 N–H and O–H groups in total. The Hall–Kier alpha value is -3.25. The topological polar surface area (TPSA) is 38.7 Å². The van der Waals surface area contributed by atoms with Crippen molar-refractivity contribution < 1.29 is 27.8 Å². The molecule has 0 spiro atoms. The van der Waals surface area contributed by atoms with E-state index in [2.05, 4.69) is 6.58 Å². The van der Waals surface area contributed by atoms with Crippen LogP contribution in [0.3, 0.4) is 0 Å². The summed E-state index contributed by atoms with van der Waals surface area (Å²) in [5, 5.41) is 9.96. The zero-order valence-electron chi connectivity index (χ0n) is 19.2. The minimum absolute atomic E-state index is 0.0483. The van der Waals surface area contributed by atoms with E-state index in [1.165, 1.54) is 18.2 Å². The van der Waals surface area contributed by atoms with Gasteiger partial charge in [0.2, 0.25) is 0 Å². The normalized spacial score (nSPS) is 11.8. The van der Waals surface area contributed by atoms with E-state index in [1.807, 2.05) is 6.92 Å². The predicted octanol–water partition coefficient (Wildman–Crippen LogP) is 7.53.